The number of benzene rings is 2. The Hall–Kier alpha value is -3.37. The van der Waals surface area contributed by atoms with Gasteiger partial charge in [-0.05, 0) is 48.5 Å². The van der Waals surface area contributed by atoms with Gasteiger partial charge in [-0.1, -0.05) is 23.4 Å². The van der Waals surface area contributed by atoms with E-state index in [2.05, 4.69) is 10.3 Å². The summed E-state index contributed by atoms with van der Waals surface area (Å²) in [6.07, 6.45) is 0. The molecule has 0 saturated heterocycles. The molecule has 0 saturated carbocycles. The Balaban J connectivity index is 1.96. The number of carbonyl (C=O) groups excluding carboxylic acids is 1. The first-order valence-corrected chi connectivity index (χ1v) is 10.6. The van der Waals surface area contributed by atoms with Crippen molar-refractivity contribution in [1.82, 2.24) is 9.13 Å². The fraction of sp³-hybridized carbons (Fsp3) is 0.143. The van der Waals surface area contributed by atoms with Crippen molar-refractivity contribution >= 4 is 45.7 Å². The van der Waals surface area contributed by atoms with Gasteiger partial charge in [0.15, 0.2) is 0 Å². The summed E-state index contributed by atoms with van der Waals surface area (Å²) < 4.78 is 15.0. The third kappa shape index (κ3) is 5.27. The molecule has 0 fully saturated rings. The van der Waals surface area contributed by atoms with E-state index in [0.717, 1.165) is 20.9 Å². The molecule has 1 aromatic heterocycles. The van der Waals surface area contributed by atoms with Gasteiger partial charge in [-0.15, -0.1) is 0 Å². The van der Waals surface area contributed by atoms with Crippen molar-refractivity contribution < 1.29 is 14.3 Å². The average Bonchev–Trinajstić information content (AvgIpc) is 2.77. The number of hydrogen-bond donors (Lipinski definition) is 2. The van der Waals surface area contributed by atoms with Gasteiger partial charge in [-0.3, -0.25) is 18.7 Å². The maximum Gasteiger partial charge on any atom is 0.333 e. The number of aromatic hydroxyl groups is 1. The van der Waals surface area contributed by atoms with Crippen LogP contribution in [-0.2, 0) is 18.9 Å². The van der Waals surface area contributed by atoms with Crippen LogP contribution in [-0.4, -0.2) is 30.9 Å². The highest BCUT2D eigenvalue weighted by Gasteiger charge is 2.22. The Bertz CT molecular complexity index is 1300. The minimum Gasteiger partial charge on any atom is -0.494 e. The second-order valence-corrected chi connectivity index (χ2v) is 8.04. The lowest BCUT2D eigenvalue weighted by molar-refractivity contribution is -0.113. The SMILES string of the molecule is Cn1c(O)c(C(=Nc2ccc(F)cc2)SCC(=O)Nc2ccc(Cl)cc2)c(=O)n(C)c1=O. The summed E-state index contributed by atoms with van der Waals surface area (Å²) in [5, 5.41) is 13.7. The number of nitrogens with one attached hydrogen (secondary N) is 1. The van der Waals surface area contributed by atoms with Crippen molar-refractivity contribution in [3.63, 3.8) is 0 Å². The predicted octanol–water partition coefficient (Wildman–Crippen LogP) is 3.03. The van der Waals surface area contributed by atoms with Crippen molar-refractivity contribution in [3.8, 4) is 5.88 Å². The number of hydrogen-bond acceptors (Lipinski definition) is 6. The number of aromatic nitrogens is 2. The van der Waals surface area contributed by atoms with Gasteiger partial charge in [0.2, 0.25) is 11.8 Å². The number of rotatable bonds is 5. The fourth-order valence-electron chi connectivity index (χ4n) is 2.68. The number of aliphatic imine (C=N–C) groups is 1. The lowest BCUT2D eigenvalue weighted by Gasteiger charge is -2.12. The number of amides is 1. The first-order chi connectivity index (χ1) is 15.2. The Labute approximate surface area is 191 Å². The second kappa shape index (κ2) is 9.84. The molecular weight excluding hydrogens is 459 g/mol. The molecule has 0 spiro atoms. The van der Waals surface area contributed by atoms with Gasteiger partial charge in [-0.2, -0.15) is 0 Å². The number of halogens is 2. The molecule has 3 rings (SSSR count). The number of carbonyl (C=O) groups is 1. The maximum atomic E-state index is 13.3. The molecule has 0 atom stereocenters. The number of anilines is 1. The fourth-order valence-corrected chi connectivity index (χ4v) is 3.64. The van der Waals surface area contributed by atoms with E-state index in [0.29, 0.717) is 16.4 Å². The molecule has 0 aliphatic carbocycles. The highest BCUT2D eigenvalue weighted by molar-refractivity contribution is 8.15. The van der Waals surface area contributed by atoms with Gasteiger partial charge in [0.25, 0.3) is 5.56 Å². The van der Waals surface area contributed by atoms with E-state index >= 15 is 0 Å². The summed E-state index contributed by atoms with van der Waals surface area (Å²) in [5.74, 6) is -1.62. The highest BCUT2D eigenvalue weighted by atomic mass is 35.5. The van der Waals surface area contributed by atoms with Crippen LogP contribution in [0.5, 0.6) is 5.88 Å². The number of nitrogens with zero attached hydrogens (tertiary/aromatic N) is 3. The molecule has 0 radical (unpaired) electrons. The van der Waals surface area contributed by atoms with Crippen LogP contribution >= 0.6 is 23.4 Å². The zero-order valence-electron chi connectivity index (χ0n) is 17.0. The zero-order valence-corrected chi connectivity index (χ0v) is 18.6. The topological polar surface area (TPSA) is 106 Å². The smallest absolute Gasteiger partial charge is 0.333 e. The molecule has 1 amide bonds. The monoisotopic (exact) mass is 476 g/mol. The molecule has 3 aromatic rings. The molecule has 32 heavy (non-hydrogen) atoms. The molecule has 166 valence electrons. The lowest BCUT2D eigenvalue weighted by atomic mass is 10.3. The summed E-state index contributed by atoms with van der Waals surface area (Å²) >= 11 is 6.72. The Kier molecular flexibility index (Phi) is 7.16. The molecule has 2 aromatic carbocycles. The van der Waals surface area contributed by atoms with Crippen LogP contribution in [0.15, 0.2) is 63.1 Å². The lowest BCUT2D eigenvalue weighted by Crippen LogP contribution is -2.39. The van der Waals surface area contributed by atoms with E-state index < -0.39 is 28.9 Å². The summed E-state index contributed by atoms with van der Waals surface area (Å²) in [5.41, 5.74) is -0.927. The van der Waals surface area contributed by atoms with Gasteiger partial charge in [0.1, 0.15) is 16.4 Å². The molecular formula is C21H18ClFN4O4S. The van der Waals surface area contributed by atoms with E-state index in [1.54, 1.807) is 24.3 Å². The first-order valence-electron chi connectivity index (χ1n) is 9.19. The van der Waals surface area contributed by atoms with Gasteiger partial charge in [0, 0.05) is 24.8 Å². The molecule has 2 N–H and O–H groups in total. The minimum absolute atomic E-state index is 0.00318. The summed E-state index contributed by atoms with van der Waals surface area (Å²) in [6, 6.07) is 11.6. The minimum atomic E-state index is -0.780. The van der Waals surface area contributed by atoms with Gasteiger partial charge >= 0.3 is 5.69 Å². The van der Waals surface area contributed by atoms with Crippen LogP contribution in [0.25, 0.3) is 0 Å². The van der Waals surface area contributed by atoms with Crippen molar-refractivity contribution in [2.24, 2.45) is 19.1 Å². The Morgan fingerprint density at radius 1 is 1.09 bits per heavy atom. The first kappa shape index (κ1) is 23.3. The summed E-state index contributed by atoms with van der Waals surface area (Å²) in [6.45, 7) is 0. The zero-order chi connectivity index (χ0) is 23.4. The predicted molar refractivity (Wildman–Crippen MR) is 124 cm³/mol. The van der Waals surface area contributed by atoms with Gasteiger partial charge in [-0.25, -0.2) is 14.2 Å². The van der Waals surface area contributed by atoms with E-state index in [9.17, 15) is 23.9 Å². The molecule has 1 heterocycles. The molecule has 8 nitrogen and oxygen atoms in total. The summed E-state index contributed by atoms with van der Waals surface area (Å²) in [7, 11) is 2.56. The molecule has 0 aliphatic rings. The van der Waals surface area contributed by atoms with E-state index in [1.807, 2.05) is 0 Å². The largest absolute Gasteiger partial charge is 0.494 e. The normalized spacial score (nSPS) is 11.4. The summed E-state index contributed by atoms with van der Waals surface area (Å²) in [4.78, 5) is 41.6. The van der Waals surface area contributed by atoms with Crippen LogP contribution in [0.3, 0.4) is 0 Å². The maximum absolute atomic E-state index is 13.3. The van der Waals surface area contributed by atoms with Crippen LogP contribution in [0, 0.1) is 5.82 Å². The van der Waals surface area contributed by atoms with Gasteiger partial charge in [0.05, 0.1) is 11.4 Å². The van der Waals surface area contributed by atoms with E-state index in [1.165, 1.54) is 38.4 Å². The van der Waals surface area contributed by atoms with Crippen molar-refractivity contribution in [2.45, 2.75) is 0 Å². The number of thioether (sulfide) groups is 1. The highest BCUT2D eigenvalue weighted by Crippen LogP contribution is 2.23. The third-order valence-electron chi connectivity index (χ3n) is 4.37. The Morgan fingerprint density at radius 2 is 1.72 bits per heavy atom. The molecule has 0 unspecified atom stereocenters. The third-order valence-corrected chi connectivity index (χ3v) is 5.60. The molecule has 0 bridgehead atoms. The van der Waals surface area contributed by atoms with E-state index in [-0.39, 0.29) is 16.4 Å². The van der Waals surface area contributed by atoms with E-state index in [4.69, 9.17) is 11.6 Å². The van der Waals surface area contributed by atoms with Crippen molar-refractivity contribution in [3.05, 3.63) is 85.8 Å². The quantitative estimate of drug-likeness (QED) is 0.435. The molecule has 0 aliphatic heterocycles. The standard InChI is InChI=1S/C21H18ClFN4O4S/c1-26-19(29)17(20(30)27(2)21(26)31)18(25-15-9-5-13(23)6-10-15)32-11-16(28)24-14-7-3-12(22)4-8-14/h3-10,29H,11H2,1-2H3,(H,24,28). The van der Waals surface area contributed by atoms with Crippen molar-refractivity contribution in [1.29, 1.82) is 0 Å². The van der Waals surface area contributed by atoms with Crippen LogP contribution in [0.1, 0.15) is 5.56 Å². The van der Waals surface area contributed by atoms with Crippen molar-refractivity contribution in [2.75, 3.05) is 11.1 Å². The Morgan fingerprint density at radius 3 is 2.34 bits per heavy atom. The van der Waals surface area contributed by atoms with Gasteiger partial charge < -0.3 is 10.4 Å². The van der Waals surface area contributed by atoms with Crippen LogP contribution in [0.4, 0.5) is 15.8 Å². The second-order valence-electron chi connectivity index (χ2n) is 6.64. The molecule has 11 heteroatoms. The van der Waals surface area contributed by atoms with Crippen LogP contribution in [0.2, 0.25) is 5.02 Å². The van der Waals surface area contributed by atoms with Crippen LogP contribution < -0.4 is 16.6 Å². The average molecular weight is 477 g/mol.